The Kier molecular flexibility index (Phi) is 20.3. The Morgan fingerprint density at radius 2 is 1.10 bits per heavy atom. The molecule has 2 aromatic heterocycles. The lowest BCUT2D eigenvalue weighted by molar-refractivity contribution is 0.0524. The number of unbranched alkanes of at least 4 members (excludes halogenated alkanes) is 5. The summed E-state index contributed by atoms with van der Waals surface area (Å²) in [7, 11) is 0. The number of halogens is 1. The number of hydrogen-bond acceptors (Lipinski definition) is 16. The van der Waals surface area contributed by atoms with Gasteiger partial charge in [0.05, 0.1) is 30.8 Å². The molecule has 5 aromatic rings. The van der Waals surface area contributed by atoms with Gasteiger partial charge in [-0.3, -0.25) is 19.2 Å². The van der Waals surface area contributed by atoms with E-state index in [9.17, 15) is 38.4 Å². The maximum Gasteiger partial charge on any atom is 0.513 e. The van der Waals surface area contributed by atoms with E-state index in [1.807, 2.05) is 0 Å². The van der Waals surface area contributed by atoms with E-state index in [2.05, 4.69) is 23.9 Å². The molecule has 1 aliphatic rings. The summed E-state index contributed by atoms with van der Waals surface area (Å²) in [5.41, 5.74) is -0.351. The van der Waals surface area contributed by atoms with Crippen molar-refractivity contribution >= 4 is 80.3 Å². The number of ether oxygens (including phenoxy) is 6. The maximum atomic E-state index is 12.4. The fourth-order valence-electron chi connectivity index (χ4n) is 6.43. The minimum atomic E-state index is -0.882. The highest BCUT2D eigenvalue weighted by molar-refractivity contribution is 6.61. The van der Waals surface area contributed by atoms with Gasteiger partial charge < -0.3 is 42.6 Å². The fraction of sp³-hybridized carbons (Fsp3) is 0.400. The van der Waals surface area contributed by atoms with Crippen molar-refractivity contribution < 1.29 is 75.6 Å². The second-order valence-corrected chi connectivity index (χ2v) is 16.6. The molecule has 3 aromatic carbocycles. The average molecular weight is 962 g/mol. The van der Waals surface area contributed by atoms with Gasteiger partial charge >= 0.3 is 23.8 Å². The van der Waals surface area contributed by atoms with Gasteiger partial charge in [-0.1, -0.05) is 88.1 Å². The minimum absolute atomic E-state index is 0.0348. The van der Waals surface area contributed by atoms with Crippen molar-refractivity contribution in [3.63, 3.8) is 0 Å². The first kappa shape index (κ1) is 53.6. The highest BCUT2D eigenvalue weighted by atomic mass is 35.5. The number of carbonyl (C=O) groups excluding carboxylic acids is 8. The van der Waals surface area contributed by atoms with E-state index in [1.54, 1.807) is 69.3 Å². The normalized spacial score (nSPS) is 11.5. The number of amides is 1. The molecular formula is C50H56ClNO16. The molecular weight excluding hydrogens is 906 g/mol. The summed E-state index contributed by atoms with van der Waals surface area (Å²) in [6, 6.07) is 16.3. The van der Waals surface area contributed by atoms with Crippen molar-refractivity contribution in [1.29, 1.82) is 0 Å². The van der Waals surface area contributed by atoms with E-state index in [4.69, 9.17) is 44.1 Å². The zero-order valence-electron chi connectivity index (χ0n) is 39.2. The van der Waals surface area contributed by atoms with Crippen LogP contribution in [0, 0.1) is 0 Å². The van der Waals surface area contributed by atoms with Gasteiger partial charge in [-0.05, 0) is 58.6 Å². The van der Waals surface area contributed by atoms with Gasteiger partial charge in [0, 0.05) is 53.9 Å². The number of Topliss-reactive ketones (excluding diaryl/α,β-unsaturated/α-hetero) is 2. The van der Waals surface area contributed by atoms with Crippen LogP contribution < -0.4 is 14.8 Å². The van der Waals surface area contributed by atoms with Gasteiger partial charge in [-0.2, -0.15) is 0 Å². The summed E-state index contributed by atoms with van der Waals surface area (Å²) in [5, 5.41) is 3.85. The SMILES string of the molecule is CC(=O)c1cc2c(o1)C(=O)c1ccccc1C2=O.CC(C)(C)OC(=O)NCCCCOC(=O)Cl.CCCCCOC(=O)Oc1c2ccccc2c(OC(=O)OCCCCC)c2oc(C(C)=O)cc12. The van der Waals surface area contributed by atoms with Gasteiger partial charge in [0.1, 0.15) is 5.60 Å². The Labute approximate surface area is 398 Å². The van der Waals surface area contributed by atoms with Crippen LogP contribution in [0.5, 0.6) is 11.5 Å². The van der Waals surface area contributed by atoms with E-state index in [0.717, 1.165) is 38.5 Å². The second-order valence-electron chi connectivity index (χ2n) is 16.3. The Bertz CT molecular complexity index is 2480. The molecule has 364 valence electrons. The predicted octanol–water partition coefficient (Wildman–Crippen LogP) is 12.1. The van der Waals surface area contributed by atoms with Gasteiger partial charge in [0.25, 0.3) is 0 Å². The van der Waals surface area contributed by atoms with E-state index in [-0.39, 0.29) is 82.9 Å². The van der Waals surface area contributed by atoms with Crippen LogP contribution in [-0.4, -0.2) is 78.9 Å². The molecule has 0 saturated carbocycles. The largest absolute Gasteiger partial charge is 0.513 e. The van der Waals surface area contributed by atoms with Crippen molar-refractivity contribution in [1.82, 2.24) is 5.32 Å². The molecule has 0 aliphatic heterocycles. The molecule has 18 heteroatoms. The summed E-state index contributed by atoms with van der Waals surface area (Å²) in [5.74, 6) is -1.00. The molecule has 1 N–H and O–H groups in total. The third kappa shape index (κ3) is 15.5. The van der Waals surface area contributed by atoms with Crippen LogP contribution in [-0.2, 0) is 18.9 Å². The van der Waals surface area contributed by atoms with Crippen LogP contribution in [0.2, 0.25) is 0 Å². The van der Waals surface area contributed by atoms with Crippen LogP contribution in [0.1, 0.15) is 153 Å². The Balaban J connectivity index is 0.000000248. The fourth-order valence-corrected chi connectivity index (χ4v) is 6.51. The molecule has 6 rings (SSSR count). The quantitative estimate of drug-likeness (QED) is 0.0224. The average Bonchev–Trinajstić information content (AvgIpc) is 3.95. The Hall–Kier alpha value is -7.01. The van der Waals surface area contributed by atoms with Gasteiger partial charge in [0.15, 0.2) is 51.7 Å². The molecule has 1 amide bonds. The number of rotatable bonds is 17. The maximum absolute atomic E-state index is 12.4. The molecule has 0 saturated heterocycles. The molecule has 0 radical (unpaired) electrons. The number of benzene rings is 3. The van der Waals surface area contributed by atoms with Crippen LogP contribution >= 0.6 is 11.6 Å². The Morgan fingerprint density at radius 1 is 0.603 bits per heavy atom. The molecule has 0 unspecified atom stereocenters. The first-order valence-electron chi connectivity index (χ1n) is 22.2. The number of fused-ring (bicyclic) bond motifs is 4. The molecule has 1 aliphatic carbocycles. The van der Waals surface area contributed by atoms with Crippen molar-refractivity contribution in [2.45, 2.75) is 105 Å². The topological polar surface area (TPSA) is 230 Å². The predicted molar refractivity (Wildman–Crippen MR) is 249 cm³/mol. The molecule has 17 nitrogen and oxygen atoms in total. The van der Waals surface area contributed by atoms with Crippen molar-refractivity contribution in [2.75, 3.05) is 26.4 Å². The van der Waals surface area contributed by atoms with Crippen LogP contribution in [0.3, 0.4) is 0 Å². The highest BCUT2D eigenvalue weighted by Gasteiger charge is 2.34. The zero-order chi connectivity index (χ0) is 50.0. The van der Waals surface area contributed by atoms with Gasteiger partial charge in [-0.15, -0.1) is 0 Å². The van der Waals surface area contributed by atoms with Crippen LogP contribution in [0.4, 0.5) is 19.2 Å². The number of ketones is 4. The molecule has 0 atom stereocenters. The van der Waals surface area contributed by atoms with Crippen molar-refractivity contribution in [3.8, 4) is 11.5 Å². The zero-order valence-corrected chi connectivity index (χ0v) is 39.9. The molecule has 0 spiro atoms. The molecule has 68 heavy (non-hydrogen) atoms. The smallest absolute Gasteiger partial charge is 0.454 e. The first-order valence-corrected chi connectivity index (χ1v) is 22.5. The number of alkyl carbamates (subject to hydrolysis) is 1. The van der Waals surface area contributed by atoms with E-state index >= 15 is 0 Å². The summed E-state index contributed by atoms with van der Waals surface area (Å²) in [6.07, 6.45) is 4.47. The molecule has 0 fully saturated rings. The third-order valence-corrected chi connectivity index (χ3v) is 9.76. The van der Waals surface area contributed by atoms with Crippen molar-refractivity contribution in [3.05, 3.63) is 94.6 Å². The number of furan rings is 2. The van der Waals surface area contributed by atoms with Gasteiger partial charge in [0.2, 0.25) is 5.78 Å². The standard InChI is InChI=1S/C26H30O8.C14H8O4.C10H18ClNO4/c1-4-6-10-14-30-25(28)33-22-18-12-8-9-13-19(18)23(34-26(29)31-15-11-7-5-2)24-20(22)16-21(32-24)17(3)27;1-7(15)11-6-10-12(16)8-4-2-3-5-9(8)13(17)14(10)18-11;1-10(2,3)16-9(14)12-6-4-5-7-15-8(11)13/h8-9,12-13,16H,4-7,10-11,14-15H2,1-3H3;2-6H,1H3;4-7H2,1-3H3,(H,12,14). The Morgan fingerprint density at radius 3 is 1.65 bits per heavy atom. The third-order valence-electron chi connectivity index (χ3n) is 9.65. The highest BCUT2D eigenvalue weighted by Crippen LogP contribution is 2.44. The summed E-state index contributed by atoms with van der Waals surface area (Å²) < 4.78 is 41.9. The summed E-state index contributed by atoms with van der Waals surface area (Å²) in [6.45, 7) is 13.4. The van der Waals surface area contributed by atoms with Gasteiger partial charge in [-0.25, -0.2) is 19.2 Å². The van der Waals surface area contributed by atoms with Crippen molar-refractivity contribution in [2.24, 2.45) is 0 Å². The minimum Gasteiger partial charge on any atom is -0.454 e. The molecule has 0 bridgehead atoms. The monoisotopic (exact) mass is 961 g/mol. The first-order chi connectivity index (χ1) is 32.4. The van der Waals surface area contributed by atoms with Crippen LogP contribution in [0.25, 0.3) is 21.7 Å². The summed E-state index contributed by atoms with van der Waals surface area (Å²) in [4.78, 5) is 93.7. The number of carbonyl (C=O) groups is 8. The number of nitrogens with one attached hydrogen (secondary N) is 1. The van der Waals surface area contributed by atoms with E-state index in [1.165, 1.54) is 26.0 Å². The lowest BCUT2D eigenvalue weighted by Crippen LogP contribution is -2.33. The second kappa shape index (κ2) is 25.8. The molecule has 2 heterocycles. The van der Waals surface area contributed by atoms with Crippen LogP contribution in [0.15, 0.2) is 69.5 Å². The summed E-state index contributed by atoms with van der Waals surface area (Å²) >= 11 is 4.96. The lowest BCUT2D eigenvalue weighted by Gasteiger charge is -2.19. The van der Waals surface area contributed by atoms with E-state index in [0.29, 0.717) is 46.7 Å². The van der Waals surface area contributed by atoms with E-state index < -0.39 is 29.4 Å². The lowest BCUT2D eigenvalue weighted by atomic mass is 9.88. The number of hydrogen-bond donors (Lipinski definition) is 1.